The van der Waals surface area contributed by atoms with E-state index >= 15 is 0 Å². The molecule has 0 N–H and O–H groups in total. The molecule has 1 saturated carbocycles. The Morgan fingerprint density at radius 3 is 2.50 bits per heavy atom. The van der Waals surface area contributed by atoms with Crippen LogP contribution in [0.15, 0.2) is 24.3 Å². The van der Waals surface area contributed by atoms with Gasteiger partial charge in [0.05, 0.1) is 6.04 Å². The van der Waals surface area contributed by atoms with Crippen LogP contribution in [0, 0.1) is 5.82 Å². The minimum Gasteiger partial charge on any atom is -0.304 e. The molecular formula is C19H27FN6. The molecule has 1 aromatic carbocycles. The molecule has 26 heavy (non-hydrogen) atoms. The lowest BCUT2D eigenvalue weighted by Crippen LogP contribution is -2.47. The van der Waals surface area contributed by atoms with E-state index in [1.807, 2.05) is 16.8 Å². The molecule has 6 nitrogen and oxygen atoms in total. The number of halogens is 1. The molecule has 1 aliphatic heterocycles. The fourth-order valence-electron chi connectivity index (χ4n) is 4.24. The maximum Gasteiger partial charge on any atom is 0.173 e. The minimum absolute atomic E-state index is 0.186. The van der Waals surface area contributed by atoms with Crippen molar-refractivity contribution in [3.8, 4) is 0 Å². The van der Waals surface area contributed by atoms with E-state index < -0.39 is 0 Å². The van der Waals surface area contributed by atoms with Gasteiger partial charge in [0, 0.05) is 31.7 Å². The average molecular weight is 358 g/mol. The molecule has 7 heteroatoms. The summed E-state index contributed by atoms with van der Waals surface area (Å²) in [6, 6.07) is 7.14. The summed E-state index contributed by atoms with van der Waals surface area (Å²) in [7, 11) is 2.13. The number of hydrogen-bond acceptors (Lipinski definition) is 5. The first-order valence-corrected chi connectivity index (χ1v) is 9.69. The molecule has 2 fully saturated rings. The maximum atomic E-state index is 14.7. The zero-order valence-corrected chi connectivity index (χ0v) is 15.4. The van der Waals surface area contributed by atoms with E-state index in [0.717, 1.165) is 44.8 Å². The molecule has 140 valence electrons. The molecule has 1 aromatic heterocycles. The second-order valence-electron chi connectivity index (χ2n) is 7.54. The standard InChI is InChI=1S/C19H27FN6/c1-24-11-13-25(14-12-24)18(16-9-5-6-10-17(16)20)19-21-22-23-26(19)15-7-3-2-4-8-15/h5-6,9-10,15,18H,2-4,7-8,11-14H2,1H3/t18-/m0/s1. The molecule has 2 aromatic rings. The van der Waals surface area contributed by atoms with Gasteiger partial charge in [0.15, 0.2) is 5.82 Å². The molecule has 0 unspecified atom stereocenters. The normalized spacial score (nSPS) is 21.8. The summed E-state index contributed by atoms with van der Waals surface area (Å²) < 4.78 is 16.7. The Hall–Kier alpha value is -1.86. The highest BCUT2D eigenvalue weighted by Gasteiger charge is 2.33. The Kier molecular flexibility index (Phi) is 5.26. The summed E-state index contributed by atoms with van der Waals surface area (Å²) in [5, 5.41) is 12.7. The van der Waals surface area contributed by atoms with Crippen molar-refractivity contribution in [2.75, 3.05) is 33.2 Å². The van der Waals surface area contributed by atoms with Gasteiger partial charge < -0.3 is 4.90 Å². The Bertz CT molecular complexity index is 718. The lowest BCUT2D eigenvalue weighted by atomic mass is 9.95. The second-order valence-corrected chi connectivity index (χ2v) is 7.54. The van der Waals surface area contributed by atoms with Crippen LogP contribution >= 0.6 is 0 Å². The molecule has 1 saturated heterocycles. The van der Waals surface area contributed by atoms with Crippen LogP contribution in [-0.4, -0.2) is 63.2 Å². The van der Waals surface area contributed by atoms with Crippen molar-refractivity contribution in [3.05, 3.63) is 41.5 Å². The Morgan fingerprint density at radius 1 is 1.04 bits per heavy atom. The monoisotopic (exact) mass is 358 g/mol. The summed E-state index contributed by atoms with van der Waals surface area (Å²) >= 11 is 0. The smallest absolute Gasteiger partial charge is 0.173 e. The highest BCUT2D eigenvalue weighted by molar-refractivity contribution is 5.27. The van der Waals surface area contributed by atoms with Gasteiger partial charge in [0.25, 0.3) is 0 Å². The summed E-state index contributed by atoms with van der Waals surface area (Å²) in [5.74, 6) is 0.598. The average Bonchev–Trinajstić information content (AvgIpc) is 3.15. The van der Waals surface area contributed by atoms with Crippen LogP contribution in [0.2, 0.25) is 0 Å². The zero-order chi connectivity index (χ0) is 17.9. The van der Waals surface area contributed by atoms with Crippen molar-refractivity contribution in [3.63, 3.8) is 0 Å². The summed E-state index contributed by atoms with van der Waals surface area (Å²) in [5.41, 5.74) is 0.670. The quantitative estimate of drug-likeness (QED) is 0.841. The SMILES string of the molecule is CN1CCN([C@@H](c2ccccc2F)c2nnnn2C2CCCCC2)CC1. The van der Waals surface area contributed by atoms with E-state index in [4.69, 9.17) is 0 Å². The minimum atomic E-state index is -0.234. The van der Waals surface area contributed by atoms with Gasteiger partial charge in [-0.2, -0.15) is 0 Å². The Labute approximate surface area is 154 Å². The van der Waals surface area contributed by atoms with Gasteiger partial charge in [0.1, 0.15) is 11.9 Å². The molecule has 0 spiro atoms. The highest BCUT2D eigenvalue weighted by Crippen LogP contribution is 2.34. The van der Waals surface area contributed by atoms with Gasteiger partial charge in [-0.15, -0.1) is 5.10 Å². The molecule has 2 aliphatic rings. The zero-order valence-electron chi connectivity index (χ0n) is 15.4. The van der Waals surface area contributed by atoms with Crippen LogP contribution in [0.5, 0.6) is 0 Å². The van der Waals surface area contributed by atoms with Crippen molar-refractivity contribution in [1.82, 2.24) is 30.0 Å². The molecule has 0 amide bonds. The Balaban J connectivity index is 1.72. The van der Waals surface area contributed by atoms with Crippen molar-refractivity contribution in [1.29, 1.82) is 0 Å². The summed E-state index contributed by atoms with van der Waals surface area (Å²) in [4.78, 5) is 4.63. The number of piperazine rings is 1. The van der Waals surface area contributed by atoms with Crippen LogP contribution in [0.3, 0.4) is 0 Å². The van der Waals surface area contributed by atoms with Gasteiger partial charge in [0.2, 0.25) is 0 Å². The van der Waals surface area contributed by atoms with Crippen molar-refractivity contribution in [2.45, 2.75) is 44.2 Å². The molecule has 0 radical (unpaired) electrons. The van der Waals surface area contributed by atoms with Crippen molar-refractivity contribution in [2.24, 2.45) is 0 Å². The fraction of sp³-hybridized carbons (Fsp3) is 0.632. The molecule has 0 bridgehead atoms. The number of nitrogens with zero attached hydrogens (tertiary/aromatic N) is 6. The first-order chi connectivity index (χ1) is 12.7. The largest absolute Gasteiger partial charge is 0.304 e. The van der Waals surface area contributed by atoms with Crippen LogP contribution in [0.4, 0.5) is 4.39 Å². The maximum absolute atomic E-state index is 14.7. The van der Waals surface area contributed by atoms with E-state index in [-0.39, 0.29) is 11.9 Å². The van der Waals surface area contributed by atoms with E-state index in [1.54, 1.807) is 6.07 Å². The first kappa shape index (κ1) is 17.5. The number of benzene rings is 1. The van der Waals surface area contributed by atoms with Gasteiger partial charge in [-0.05, 0) is 36.4 Å². The predicted octanol–water partition coefficient (Wildman–Crippen LogP) is 2.65. The topological polar surface area (TPSA) is 50.1 Å². The highest BCUT2D eigenvalue weighted by atomic mass is 19.1. The third-order valence-electron chi connectivity index (χ3n) is 5.79. The van der Waals surface area contributed by atoms with E-state index in [0.29, 0.717) is 11.6 Å². The predicted molar refractivity (Wildman–Crippen MR) is 97.3 cm³/mol. The third-order valence-corrected chi connectivity index (χ3v) is 5.79. The number of likely N-dealkylation sites (N-methyl/N-ethyl adjacent to an activating group) is 1. The number of tetrazole rings is 1. The lowest BCUT2D eigenvalue weighted by Gasteiger charge is -2.38. The number of hydrogen-bond donors (Lipinski definition) is 0. The van der Waals surface area contributed by atoms with Gasteiger partial charge >= 0.3 is 0 Å². The summed E-state index contributed by atoms with van der Waals surface area (Å²) in [6.45, 7) is 3.70. The molecule has 1 atom stereocenters. The van der Waals surface area contributed by atoms with Crippen LogP contribution in [0.25, 0.3) is 0 Å². The van der Waals surface area contributed by atoms with E-state index in [2.05, 4.69) is 32.4 Å². The van der Waals surface area contributed by atoms with Crippen LogP contribution in [-0.2, 0) is 0 Å². The molecule has 1 aliphatic carbocycles. The van der Waals surface area contributed by atoms with E-state index in [1.165, 1.54) is 25.3 Å². The number of rotatable bonds is 4. The molecule has 4 rings (SSSR count). The Morgan fingerprint density at radius 2 is 1.77 bits per heavy atom. The van der Waals surface area contributed by atoms with Crippen LogP contribution < -0.4 is 0 Å². The molecule has 2 heterocycles. The van der Waals surface area contributed by atoms with Gasteiger partial charge in [-0.25, -0.2) is 9.07 Å². The van der Waals surface area contributed by atoms with E-state index in [9.17, 15) is 4.39 Å². The van der Waals surface area contributed by atoms with Crippen LogP contribution in [0.1, 0.15) is 55.6 Å². The second kappa shape index (κ2) is 7.80. The van der Waals surface area contributed by atoms with Crippen molar-refractivity contribution < 1.29 is 4.39 Å². The fourth-order valence-corrected chi connectivity index (χ4v) is 4.24. The van der Waals surface area contributed by atoms with Crippen molar-refractivity contribution >= 4 is 0 Å². The number of aromatic nitrogens is 4. The summed E-state index contributed by atoms with van der Waals surface area (Å²) in [6.07, 6.45) is 5.91. The third kappa shape index (κ3) is 3.50. The van der Waals surface area contributed by atoms with Gasteiger partial charge in [-0.3, -0.25) is 4.90 Å². The molecular weight excluding hydrogens is 331 g/mol. The van der Waals surface area contributed by atoms with Gasteiger partial charge in [-0.1, -0.05) is 37.5 Å². The first-order valence-electron chi connectivity index (χ1n) is 9.69. The lowest BCUT2D eigenvalue weighted by molar-refractivity contribution is 0.118.